The van der Waals surface area contributed by atoms with Crippen LogP contribution in [0.3, 0.4) is 0 Å². The van der Waals surface area contributed by atoms with Crippen LogP contribution in [0.2, 0.25) is 5.02 Å². The van der Waals surface area contributed by atoms with Crippen LogP contribution >= 0.6 is 11.6 Å². The first-order chi connectivity index (χ1) is 20.2. The third-order valence-electron chi connectivity index (χ3n) is 6.08. The van der Waals surface area contributed by atoms with Crippen molar-refractivity contribution in [1.82, 2.24) is 10.2 Å². The highest BCUT2D eigenvalue weighted by atomic mass is 35.5. The zero-order chi connectivity index (χ0) is 31.5. The lowest BCUT2D eigenvalue weighted by atomic mass is 9.98. The molecule has 4 rings (SSSR count). The first-order valence-electron chi connectivity index (χ1n) is 12.0. The van der Waals surface area contributed by atoms with Crippen molar-refractivity contribution >= 4 is 29.3 Å². The summed E-state index contributed by atoms with van der Waals surface area (Å²) in [7, 11) is 0. The molecule has 0 spiro atoms. The summed E-state index contributed by atoms with van der Waals surface area (Å²) in [5.41, 5.74) is 1.82. The van der Waals surface area contributed by atoms with Crippen LogP contribution in [0.25, 0.3) is 17.0 Å². The molecular formula is C28H20ClF6N5O3. The molecule has 0 unspecified atom stereocenters. The van der Waals surface area contributed by atoms with Gasteiger partial charge in [-0.05, 0) is 35.9 Å². The highest BCUT2D eigenvalue weighted by Gasteiger charge is 2.37. The number of Topliss-reactive ketones (excluding diaryl/α,β-unsaturated/α-hetero) is 1. The van der Waals surface area contributed by atoms with Crippen molar-refractivity contribution in [2.24, 2.45) is 16.7 Å². The number of allylic oxidation sites excluding steroid dienone is 1. The molecule has 3 aromatic carbocycles. The SMILES string of the molecule is N/C(C(=O)c1c(/C=N/O)noc1-c1ccccc1Cl)=C(/c1ccccc1)N(N)Cc1cc(C(F)(F)F)cc(C(F)(F)F)c1. The Hall–Kier alpha value is -4.82. The second-order valence-electron chi connectivity index (χ2n) is 9.00. The highest BCUT2D eigenvalue weighted by molar-refractivity contribution is 6.33. The highest BCUT2D eigenvalue weighted by Crippen LogP contribution is 2.37. The van der Waals surface area contributed by atoms with Gasteiger partial charge in [0.25, 0.3) is 0 Å². The quantitative estimate of drug-likeness (QED) is 0.0377. The average Bonchev–Trinajstić information content (AvgIpc) is 3.35. The van der Waals surface area contributed by atoms with E-state index in [0.717, 1.165) is 11.2 Å². The first-order valence-corrected chi connectivity index (χ1v) is 12.4. The van der Waals surface area contributed by atoms with E-state index in [9.17, 15) is 31.1 Å². The maximum atomic E-state index is 13.9. The topological polar surface area (TPSA) is 131 Å². The number of oxime groups is 1. The molecule has 224 valence electrons. The lowest BCUT2D eigenvalue weighted by Gasteiger charge is -2.25. The minimum Gasteiger partial charge on any atom is -0.411 e. The predicted octanol–water partition coefficient (Wildman–Crippen LogP) is 6.73. The number of alkyl halides is 6. The van der Waals surface area contributed by atoms with E-state index in [1.807, 2.05) is 0 Å². The molecule has 0 saturated carbocycles. The van der Waals surface area contributed by atoms with Crippen LogP contribution in [-0.2, 0) is 18.9 Å². The van der Waals surface area contributed by atoms with Gasteiger partial charge in [0.2, 0.25) is 5.78 Å². The number of nitrogens with zero attached hydrogens (tertiary/aromatic N) is 3. The van der Waals surface area contributed by atoms with E-state index in [4.69, 9.17) is 32.9 Å². The average molecular weight is 624 g/mol. The maximum absolute atomic E-state index is 13.9. The Kier molecular flexibility index (Phi) is 8.82. The number of aromatic nitrogens is 1. The van der Waals surface area contributed by atoms with Gasteiger partial charge in [0, 0.05) is 11.1 Å². The molecule has 0 aliphatic carbocycles. The van der Waals surface area contributed by atoms with Crippen molar-refractivity contribution < 1.29 is 40.9 Å². The molecule has 43 heavy (non-hydrogen) atoms. The fraction of sp³-hybridized carbons (Fsp3) is 0.107. The molecule has 15 heteroatoms. The zero-order valence-electron chi connectivity index (χ0n) is 21.6. The van der Waals surface area contributed by atoms with Crippen LogP contribution in [0.15, 0.2) is 88.2 Å². The van der Waals surface area contributed by atoms with E-state index < -0.39 is 47.1 Å². The molecular weight excluding hydrogens is 604 g/mol. The van der Waals surface area contributed by atoms with Gasteiger partial charge >= 0.3 is 12.4 Å². The summed E-state index contributed by atoms with van der Waals surface area (Å²) in [6, 6.07) is 14.9. The fourth-order valence-electron chi connectivity index (χ4n) is 4.19. The summed E-state index contributed by atoms with van der Waals surface area (Å²) in [5, 5.41) is 16.6. The van der Waals surface area contributed by atoms with Crippen molar-refractivity contribution in [3.05, 3.63) is 117 Å². The molecule has 0 atom stereocenters. The molecule has 1 aromatic heterocycles. The molecule has 0 fully saturated rings. The smallest absolute Gasteiger partial charge is 0.411 e. The summed E-state index contributed by atoms with van der Waals surface area (Å²) in [4.78, 5) is 13.9. The van der Waals surface area contributed by atoms with Gasteiger partial charge in [0.05, 0.1) is 34.6 Å². The van der Waals surface area contributed by atoms with Gasteiger partial charge in [-0.2, -0.15) is 26.3 Å². The number of hydrogen-bond donors (Lipinski definition) is 3. The molecule has 0 radical (unpaired) electrons. The summed E-state index contributed by atoms with van der Waals surface area (Å²) < 4.78 is 86.1. The second-order valence-corrected chi connectivity index (χ2v) is 9.40. The molecule has 0 amide bonds. The van der Waals surface area contributed by atoms with Crippen molar-refractivity contribution in [2.45, 2.75) is 18.9 Å². The number of hydrazine groups is 1. The Morgan fingerprint density at radius 3 is 2.12 bits per heavy atom. The van der Waals surface area contributed by atoms with E-state index >= 15 is 0 Å². The van der Waals surface area contributed by atoms with Gasteiger partial charge in [-0.1, -0.05) is 64.4 Å². The maximum Gasteiger partial charge on any atom is 0.416 e. The first kappa shape index (κ1) is 31.1. The van der Waals surface area contributed by atoms with E-state index in [-0.39, 0.29) is 44.9 Å². The van der Waals surface area contributed by atoms with Crippen molar-refractivity contribution in [3.8, 4) is 11.3 Å². The van der Waals surface area contributed by atoms with Crippen LogP contribution in [0.1, 0.15) is 38.3 Å². The van der Waals surface area contributed by atoms with Gasteiger partial charge in [-0.15, -0.1) is 0 Å². The summed E-state index contributed by atoms with van der Waals surface area (Å²) in [5.74, 6) is 5.09. The lowest BCUT2D eigenvalue weighted by Crippen LogP contribution is -2.33. The lowest BCUT2D eigenvalue weighted by molar-refractivity contribution is -0.143. The third-order valence-corrected chi connectivity index (χ3v) is 6.41. The van der Waals surface area contributed by atoms with Gasteiger partial charge in [-0.3, -0.25) is 4.79 Å². The number of benzene rings is 3. The molecule has 0 aliphatic rings. The molecule has 5 N–H and O–H groups in total. The number of carbonyl (C=O) groups is 1. The minimum atomic E-state index is -5.09. The van der Waals surface area contributed by atoms with E-state index in [1.54, 1.807) is 30.3 Å². The number of halogens is 7. The number of nitrogens with two attached hydrogens (primary N) is 2. The Morgan fingerprint density at radius 2 is 1.56 bits per heavy atom. The zero-order valence-corrected chi connectivity index (χ0v) is 22.4. The van der Waals surface area contributed by atoms with Crippen LogP contribution in [0.5, 0.6) is 0 Å². The largest absolute Gasteiger partial charge is 0.416 e. The summed E-state index contributed by atoms with van der Waals surface area (Å²) in [6.45, 7) is -0.725. The van der Waals surface area contributed by atoms with Crippen LogP contribution in [0.4, 0.5) is 26.3 Å². The van der Waals surface area contributed by atoms with Crippen molar-refractivity contribution in [3.63, 3.8) is 0 Å². The molecule has 8 nitrogen and oxygen atoms in total. The summed E-state index contributed by atoms with van der Waals surface area (Å²) >= 11 is 6.28. The monoisotopic (exact) mass is 623 g/mol. The Morgan fingerprint density at radius 1 is 0.977 bits per heavy atom. The predicted molar refractivity (Wildman–Crippen MR) is 144 cm³/mol. The van der Waals surface area contributed by atoms with Gasteiger partial charge < -0.3 is 20.5 Å². The Labute approximate surface area is 244 Å². The molecule has 4 aromatic rings. The van der Waals surface area contributed by atoms with E-state index in [1.165, 1.54) is 24.3 Å². The van der Waals surface area contributed by atoms with E-state index in [2.05, 4.69) is 10.3 Å². The van der Waals surface area contributed by atoms with Crippen LogP contribution in [-0.4, -0.2) is 27.4 Å². The van der Waals surface area contributed by atoms with E-state index in [0.29, 0.717) is 12.1 Å². The van der Waals surface area contributed by atoms with Gasteiger partial charge in [0.1, 0.15) is 17.0 Å². The van der Waals surface area contributed by atoms with Crippen LogP contribution < -0.4 is 11.6 Å². The molecule has 0 aliphatic heterocycles. The van der Waals surface area contributed by atoms with Gasteiger partial charge in [0.15, 0.2) is 5.76 Å². The minimum absolute atomic E-state index is 0.0113. The summed E-state index contributed by atoms with van der Waals surface area (Å²) in [6.07, 6.45) is -9.37. The molecule has 1 heterocycles. The fourth-order valence-corrected chi connectivity index (χ4v) is 4.42. The number of rotatable bonds is 8. The number of carbonyl (C=O) groups excluding carboxylic acids is 1. The molecule has 0 saturated heterocycles. The Bertz CT molecular complexity index is 1670. The van der Waals surface area contributed by atoms with Gasteiger partial charge in [-0.25, -0.2) is 5.84 Å². The van der Waals surface area contributed by atoms with Crippen LogP contribution in [0, 0.1) is 0 Å². The van der Waals surface area contributed by atoms with Crippen molar-refractivity contribution in [1.29, 1.82) is 0 Å². The second kappa shape index (κ2) is 12.2. The van der Waals surface area contributed by atoms with Crippen molar-refractivity contribution in [2.75, 3.05) is 0 Å². The normalized spacial score (nSPS) is 12.8. The standard InChI is InChI=1S/C28H20ClF6N5O3/c29-20-9-5-4-8-19(20)26-22(21(13-38-42)39-43-26)25(41)23(36)24(16-6-2-1-3-7-16)40(37)14-15-10-17(27(30,31)32)12-18(11-15)28(33,34)35/h1-13,42H,14,36-37H2/b24-23-,38-13+. The number of hydrogen-bond acceptors (Lipinski definition) is 8. The number of ketones is 1. The Balaban J connectivity index is 1.88. The molecule has 0 bridgehead atoms. The third kappa shape index (κ3) is 6.81.